The van der Waals surface area contributed by atoms with E-state index in [9.17, 15) is 14.9 Å². The minimum absolute atomic E-state index is 0.0471. The molecule has 0 bridgehead atoms. The summed E-state index contributed by atoms with van der Waals surface area (Å²) in [5.41, 5.74) is -1.55. The van der Waals surface area contributed by atoms with Crippen LogP contribution in [0.25, 0.3) is 0 Å². The number of nitrogens with zero attached hydrogens (tertiary/aromatic N) is 3. The second-order valence-corrected chi connectivity index (χ2v) is 5.86. The van der Waals surface area contributed by atoms with Crippen LogP contribution >= 0.6 is 0 Å². The average Bonchev–Trinajstić information content (AvgIpc) is 2.45. The van der Waals surface area contributed by atoms with E-state index >= 15 is 0 Å². The summed E-state index contributed by atoms with van der Waals surface area (Å²) in [6, 6.07) is 1.43. The van der Waals surface area contributed by atoms with Gasteiger partial charge in [0.2, 0.25) is 0 Å². The van der Waals surface area contributed by atoms with Gasteiger partial charge in [0.15, 0.2) is 5.69 Å². The van der Waals surface area contributed by atoms with E-state index in [0.717, 1.165) is 5.84 Å². The fraction of sp³-hybridized carbons (Fsp3) is 0.600. The number of aliphatic imine (C=N–C) groups is 1. The van der Waals surface area contributed by atoms with Crippen LogP contribution in [0.15, 0.2) is 20.3 Å². The standard InChI is InChI=1S/C15H21N3O5/c1-10(2)8-13(17-4-6-22-7-5-17)16-12-9-11(3)23-15(19)14(12)18(20)21/h9-10H,4-8H2,1-3H3. The zero-order chi connectivity index (χ0) is 17.0. The van der Waals surface area contributed by atoms with Crippen molar-refractivity contribution in [3.8, 4) is 0 Å². The first-order valence-corrected chi connectivity index (χ1v) is 7.58. The molecule has 1 aromatic heterocycles. The summed E-state index contributed by atoms with van der Waals surface area (Å²) in [7, 11) is 0. The van der Waals surface area contributed by atoms with Gasteiger partial charge in [-0.3, -0.25) is 10.1 Å². The normalized spacial score (nSPS) is 16.0. The Morgan fingerprint density at radius 3 is 2.65 bits per heavy atom. The third-order valence-corrected chi connectivity index (χ3v) is 3.43. The number of hydrogen-bond donors (Lipinski definition) is 0. The lowest BCUT2D eigenvalue weighted by molar-refractivity contribution is -0.386. The number of hydrogen-bond acceptors (Lipinski definition) is 6. The zero-order valence-electron chi connectivity index (χ0n) is 13.6. The van der Waals surface area contributed by atoms with Crippen molar-refractivity contribution in [2.75, 3.05) is 26.3 Å². The quantitative estimate of drug-likeness (QED) is 0.365. The van der Waals surface area contributed by atoms with Crippen LogP contribution < -0.4 is 5.63 Å². The molecule has 8 heteroatoms. The van der Waals surface area contributed by atoms with E-state index in [4.69, 9.17) is 9.15 Å². The van der Waals surface area contributed by atoms with Crippen molar-refractivity contribution in [2.24, 2.45) is 10.9 Å². The molecule has 2 heterocycles. The number of amidine groups is 1. The van der Waals surface area contributed by atoms with E-state index in [0.29, 0.717) is 44.4 Å². The lowest BCUT2D eigenvalue weighted by atomic mass is 10.1. The molecule has 0 saturated carbocycles. The highest BCUT2D eigenvalue weighted by Crippen LogP contribution is 2.26. The molecule has 0 aromatic carbocycles. The molecule has 0 atom stereocenters. The summed E-state index contributed by atoms with van der Waals surface area (Å²) in [4.78, 5) is 28.7. The largest absolute Gasteiger partial charge is 0.423 e. The molecule has 0 N–H and O–H groups in total. The predicted molar refractivity (Wildman–Crippen MR) is 85.3 cm³/mol. The molecule has 8 nitrogen and oxygen atoms in total. The Balaban J connectivity index is 2.49. The maximum absolute atomic E-state index is 11.8. The molecule has 2 rings (SSSR count). The van der Waals surface area contributed by atoms with Gasteiger partial charge in [-0.2, -0.15) is 0 Å². The van der Waals surface area contributed by atoms with Crippen molar-refractivity contribution in [3.63, 3.8) is 0 Å². The maximum atomic E-state index is 11.8. The van der Waals surface area contributed by atoms with Crippen molar-refractivity contribution >= 4 is 17.2 Å². The number of nitro groups is 1. The third-order valence-electron chi connectivity index (χ3n) is 3.43. The molecule has 0 radical (unpaired) electrons. The highest BCUT2D eigenvalue weighted by atomic mass is 16.6. The van der Waals surface area contributed by atoms with Crippen LogP contribution in [0, 0.1) is 23.0 Å². The summed E-state index contributed by atoms with van der Waals surface area (Å²) in [5.74, 6) is 1.36. The van der Waals surface area contributed by atoms with Crippen LogP contribution in [0.4, 0.5) is 11.4 Å². The topological polar surface area (TPSA) is 98.2 Å². The Morgan fingerprint density at radius 1 is 1.43 bits per heavy atom. The summed E-state index contributed by atoms with van der Waals surface area (Å²) in [5, 5.41) is 11.2. The van der Waals surface area contributed by atoms with Crippen LogP contribution in [0.2, 0.25) is 0 Å². The van der Waals surface area contributed by atoms with Crippen molar-refractivity contribution < 1.29 is 14.1 Å². The highest BCUT2D eigenvalue weighted by molar-refractivity contribution is 5.86. The van der Waals surface area contributed by atoms with Gasteiger partial charge in [-0.05, 0) is 12.8 Å². The van der Waals surface area contributed by atoms with Gasteiger partial charge in [-0.25, -0.2) is 9.79 Å². The van der Waals surface area contributed by atoms with E-state index in [-0.39, 0.29) is 5.69 Å². The fourth-order valence-corrected chi connectivity index (χ4v) is 2.41. The van der Waals surface area contributed by atoms with Gasteiger partial charge in [0.1, 0.15) is 11.6 Å². The Hall–Kier alpha value is -2.22. The molecule has 1 saturated heterocycles. The average molecular weight is 323 g/mol. The van der Waals surface area contributed by atoms with Gasteiger partial charge in [0, 0.05) is 25.6 Å². The molecule has 1 aliphatic rings. The molecule has 0 aliphatic carbocycles. The molecule has 0 spiro atoms. The van der Waals surface area contributed by atoms with Crippen LogP contribution in [0.1, 0.15) is 26.0 Å². The van der Waals surface area contributed by atoms with E-state index in [1.165, 1.54) is 6.07 Å². The zero-order valence-corrected chi connectivity index (χ0v) is 13.6. The number of rotatable bonds is 4. The predicted octanol–water partition coefficient (Wildman–Crippen LogP) is 2.26. The molecule has 23 heavy (non-hydrogen) atoms. The number of morpholine rings is 1. The van der Waals surface area contributed by atoms with E-state index in [1.807, 2.05) is 0 Å². The number of ether oxygens (including phenoxy) is 1. The molecule has 0 unspecified atom stereocenters. The van der Waals surface area contributed by atoms with Gasteiger partial charge in [0.05, 0.1) is 18.1 Å². The lowest BCUT2D eigenvalue weighted by Gasteiger charge is -2.30. The fourth-order valence-electron chi connectivity index (χ4n) is 2.41. The summed E-state index contributed by atoms with van der Waals surface area (Å²) >= 11 is 0. The monoisotopic (exact) mass is 323 g/mol. The Bertz CT molecular complexity index is 660. The molecule has 0 amide bonds. The molecular formula is C15H21N3O5. The van der Waals surface area contributed by atoms with Crippen molar-refractivity contribution in [3.05, 3.63) is 32.4 Å². The van der Waals surface area contributed by atoms with Crippen LogP contribution in [-0.2, 0) is 4.74 Å². The third kappa shape index (κ3) is 4.38. The van der Waals surface area contributed by atoms with Gasteiger partial charge < -0.3 is 14.1 Å². The summed E-state index contributed by atoms with van der Waals surface area (Å²) in [6.45, 7) is 8.22. The first-order chi connectivity index (χ1) is 10.9. The van der Waals surface area contributed by atoms with E-state index in [2.05, 4.69) is 23.7 Å². The first kappa shape index (κ1) is 17.1. The van der Waals surface area contributed by atoms with E-state index < -0.39 is 16.2 Å². The van der Waals surface area contributed by atoms with Crippen LogP contribution in [-0.4, -0.2) is 42.0 Å². The first-order valence-electron chi connectivity index (χ1n) is 7.58. The SMILES string of the molecule is Cc1cc(N=C(CC(C)C)N2CCOCC2)c([N+](=O)[O-])c(=O)o1. The van der Waals surface area contributed by atoms with Crippen LogP contribution in [0.5, 0.6) is 0 Å². The lowest BCUT2D eigenvalue weighted by Crippen LogP contribution is -2.41. The minimum atomic E-state index is -0.973. The smallest absolute Gasteiger partial charge is 0.417 e. The van der Waals surface area contributed by atoms with Crippen molar-refractivity contribution in [1.29, 1.82) is 0 Å². The minimum Gasteiger partial charge on any atom is -0.423 e. The van der Waals surface area contributed by atoms with Gasteiger partial charge in [-0.1, -0.05) is 13.8 Å². The molecule has 1 fully saturated rings. The second-order valence-electron chi connectivity index (χ2n) is 5.86. The summed E-state index contributed by atoms with van der Waals surface area (Å²) in [6.07, 6.45) is 0.663. The van der Waals surface area contributed by atoms with Gasteiger partial charge >= 0.3 is 11.3 Å². The Labute approximate surface area is 133 Å². The van der Waals surface area contributed by atoms with Gasteiger partial charge in [0.25, 0.3) is 0 Å². The molecular weight excluding hydrogens is 302 g/mol. The Kier molecular flexibility index (Phi) is 5.49. The van der Waals surface area contributed by atoms with Gasteiger partial charge in [-0.15, -0.1) is 0 Å². The highest BCUT2D eigenvalue weighted by Gasteiger charge is 2.24. The maximum Gasteiger partial charge on any atom is 0.417 e. The second kappa shape index (κ2) is 7.36. The number of aryl methyl sites for hydroxylation is 1. The van der Waals surface area contributed by atoms with E-state index in [1.54, 1.807) is 6.92 Å². The van der Waals surface area contributed by atoms with Crippen molar-refractivity contribution in [1.82, 2.24) is 4.90 Å². The molecule has 1 aromatic rings. The van der Waals surface area contributed by atoms with Crippen molar-refractivity contribution in [2.45, 2.75) is 27.2 Å². The molecule has 1 aliphatic heterocycles. The molecule has 126 valence electrons. The van der Waals surface area contributed by atoms with Crippen LogP contribution in [0.3, 0.4) is 0 Å². The Morgan fingerprint density at radius 2 is 2.09 bits per heavy atom. The summed E-state index contributed by atoms with van der Waals surface area (Å²) < 4.78 is 10.2.